The van der Waals surface area contributed by atoms with Crippen molar-refractivity contribution >= 4 is 26.8 Å². The van der Waals surface area contributed by atoms with Crippen LogP contribution >= 0.6 is 15.9 Å². The second-order valence-corrected chi connectivity index (χ2v) is 4.99. The first-order chi connectivity index (χ1) is 9.22. The van der Waals surface area contributed by atoms with E-state index in [1.165, 1.54) is 0 Å². The van der Waals surface area contributed by atoms with Crippen LogP contribution in [0, 0.1) is 11.3 Å². The number of hydrogen-bond donors (Lipinski definition) is 0. The fourth-order valence-electron chi connectivity index (χ4n) is 2.18. The normalized spacial score (nSPS) is 10.6. The summed E-state index contributed by atoms with van der Waals surface area (Å²) in [6, 6.07) is 9.86. The average Bonchev–Trinajstić information content (AvgIpc) is 2.77. The van der Waals surface area contributed by atoms with Crippen molar-refractivity contribution in [3.63, 3.8) is 0 Å². The average molecular weight is 313 g/mol. The zero-order valence-electron chi connectivity index (χ0n) is 10.1. The van der Waals surface area contributed by atoms with Gasteiger partial charge < -0.3 is 0 Å². The van der Waals surface area contributed by atoms with Crippen molar-refractivity contribution in [2.45, 2.75) is 0 Å². The number of nitriles is 1. The third kappa shape index (κ3) is 1.81. The highest BCUT2D eigenvalue weighted by Gasteiger charge is 2.15. The molecule has 0 aliphatic carbocycles. The molecule has 0 fully saturated rings. The lowest BCUT2D eigenvalue weighted by molar-refractivity contribution is 0.775. The standard InChI is InChI=1S/C14H9BrN4/c1-19-14(12(15)8-18-19)10-4-5-13-9(11(10)7-16)3-2-6-17-13/h2-6,8H,1H3. The third-order valence-electron chi connectivity index (χ3n) is 3.05. The number of halogens is 1. The molecule has 0 spiro atoms. The number of aromatic nitrogens is 3. The van der Waals surface area contributed by atoms with Crippen molar-refractivity contribution in [2.75, 3.05) is 0 Å². The quantitative estimate of drug-likeness (QED) is 0.693. The van der Waals surface area contributed by atoms with Crippen LogP contribution in [0.25, 0.3) is 22.2 Å². The number of pyridine rings is 1. The molecule has 4 nitrogen and oxygen atoms in total. The van der Waals surface area contributed by atoms with Crippen LogP contribution in [0.1, 0.15) is 5.56 Å². The summed E-state index contributed by atoms with van der Waals surface area (Å²) in [5.74, 6) is 0. The van der Waals surface area contributed by atoms with Crippen LogP contribution in [-0.2, 0) is 7.05 Å². The molecular weight excluding hydrogens is 304 g/mol. The first-order valence-electron chi connectivity index (χ1n) is 5.68. The molecule has 0 bridgehead atoms. The molecule has 0 saturated carbocycles. The highest BCUT2D eigenvalue weighted by Crippen LogP contribution is 2.33. The van der Waals surface area contributed by atoms with Crippen LogP contribution < -0.4 is 0 Å². The van der Waals surface area contributed by atoms with E-state index in [1.54, 1.807) is 17.1 Å². The molecule has 0 atom stereocenters. The molecule has 0 unspecified atom stereocenters. The zero-order chi connectivity index (χ0) is 13.4. The Morgan fingerprint density at radius 3 is 2.84 bits per heavy atom. The van der Waals surface area contributed by atoms with Gasteiger partial charge in [0.05, 0.1) is 27.4 Å². The number of rotatable bonds is 1. The van der Waals surface area contributed by atoms with Gasteiger partial charge in [0.15, 0.2) is 0 Å². The van der Waals surface area contributed by atoms with E-state index < -0.39 is 0 Å². The molecule has 2 heterocycles. The maximum Gasteiger partial charge on any atom is 0.101 e. The molecule has 5 heteroatoms. The van der Waals surface area contributed by atoms with Crippen molar-refractivity contribution in [3.05, 3.63) is 46.7 Å². The first kappa shape index (κ1) is 11.9. The Morgan fingerprint density at radius 2 is 2.16 bits per heavy atom. The molecule has 0 aliphatic rings. The summed E-state index contributed by atoms with van der Waals surface area (Å²) in [6.45, 7) is 0. The number of benzene rings is 1. The fourth-order valence-corrected chi connectivity index (χ4v) is 2.75. The molecule has 0 saturated heterocycles. The molecule has 0 aliphatic heterocycles. The van der Waals surface area contributed by atoms with Crippen LogP contribution in [0.15, 0.2) is 41.1 Å². The summed E-state index contributed by atoms with van der Waals surface area (Å²) in [5, 5.41) is 14.5. The number of aryl methyl sites for hydroxylation is 1. The van der Waals surface area contributed by atoms with Gasteiger partial charge in [0.2, 0.25) is 0 Å². The van der Waals surface area contributed by atoms with Crippen molar-refractivity contribution in [1.82, 2.24) is 14.8 Å². The summed E-state index contributed by atoms with van der Waals surface area (Å²) >= 11 is 3.47. The van der Waals surface area contributed by atoms with Crippen LogP contribution in [-0.4, -0.2) is 14.8 Å². The molecule has 1 aromatic carbocycles. The molecule has 0 amide bonds. The summed E-state index contributed by atoms with van der Waals surface area (Å²) in [4.78, 5) is 4.27. The third-order valence-corrected chi connectivity index (χ3v) is 3.63. The Bertz CT molecular complexity index is 794. The number of fused-ring (bicyclic) bond motifs is 1. The van der Waals surface area contributed by atoms with Gasteiger partial charge in [0.25, 0.3) is 0 Å². The van der Waals surface area contributed by atoms with E-state index >= 15 is 0 Å². The Labute approximate surface area is 118 Å². The zero-order valence-corrected chi connectivity index (χ0v) is 11.7. The Kier molecular flexibility index (Phi) is 2.80. The Balaban J connectivity index is 2.40. The molecule has 0 N–H and O–H groups in total. The van der Waals surface area contributed by atoms with Crippen LogP contribution in [0.2, 0.25) is 0 Å². The molecule has 3 rings (SSSR count). The minimum absolute atomic E-state index is 0.620. The van der Waals surface area contributed by atoms with Gasteiger partial charge in [-0.05, 0) is 40.2 Å². The van der Waals surface area contributed by atoms with Gasteiger partial charge in [-0.1, -0.05) is 0 Å². The first-order valence-corrected chi connectivity index (χ1v) is 6.47. The second-order valence-electron chi connectivity index (χ2n) is 4.13. The maximum absolute atomic E-state index is 9.47. The predicted octanol–water partition coefficient (Wildman–Crippen LogP) is 3.27. The van der Waals surface area contributed by atoms with Gasteiger partial charge in [0.1, 0.15) is 6.07 Å². The molecule has 3 aromatic rings. The number of nitrogens with zero attached hydrogens (tertiary/aromatic N) is 4. The van der Waals surface area contributed by atoms with Gasteiger partial charge in [-0.15, -0.1) is 0 Å². The molecule has 2 aromatic heterocycles. The monoisotopic (exact) mass is 312 g/mol. The summed E-state index contributed by atoms with van der Waals surface area (Å²) in [6.07, 6.45) is 3.45. The van der Waals surface area contributed by atoms with E-state index in [9.17, 15) is 5.26 Å². The molecule has 92 valence electrons. The van der Waals surface area contributed by atoms with Gasteiger partial charge >= 0.3 is 0 Å². The van der Waals surface area contributed by atoms with E-state index in [0.717, 1.165) is 26.6 Å². The van der Waals surface area contributed by atoms with Crippen molar-refractivity contribution < 1.29 is 0 Å². The lowest BCUT2D eigenvalue weighted by atomic mass is 10.0. The number of hydrogen-bond acceptors (Lipinski definition) is 3. The van der Waals surface area contributed by atoms with Gasteiger partial charge in [-0.25, -0.2) is 0 Å². The van der Waals surface area contributed by atoms with E-state index in [1.807, 2.05) is 31.3 Å². The SMILES string of the molecule is Cn1ncc(Br)c1-c1ccc2ncccc2c1C#N. The van der Waals surface area contributed by atoms with Crippen molar-refractivity contribution in [1.29, 1.82) is 5.26 Å². The van der Waals surface area contributed by atoms with Crippen molar-refractivity contribution in [2.24, 2.45) is 7.05 Å². The second kappa shape index (κ2) is 4.48. The fraction of sp³-hybridized carbons (Fsp3) is 0.0714. The highest BCUT2D eigenvalue weighted by molar-refractivity contribution is 9.10. The smallest absolute Gasteiger partial charge is 0.101 e. The molecular formula is C14H9BrN4. The topological polar surface area (TPSA) is 54.5 Å². The lowest BCUT2D eigenvalue weighted by Gasteiger charge is -2.08. The predicted molar refractivity (Wildman–Crippen MR) is 76.4 cm³/mol. The lowest BCUT2D eigenvalue weighted by Crippen LogP contribution is -1.97. The Hall–Kier alpha value is -2.19. The minimum Gasteiger partial charge on any atom is -0.267 e. The summed E-state index contributed by atoms with van der Waals surface area (Å²) in [5.41, 5.74) is 3.19. The van der Waals surface area contributed by atoms with Crippen LogP contribution in [0.3, 0.4) is 0 Å². The molecule has 19 heavy (non-hydrogen) atoms. The Morgan fingerprint density at radius 1 is 1.32 bits per heavy atom. The van der Waals surface area contributed by atoms with Crippen molar-refractivity contribution in [3.8, 4) is 17.3 Å². The van der Waals surface area contributed by atoms with Gasteiger partial charge in [-0.3, -0.25) is 9.67 Å². The summed E-state index contributed by atoms with van der Waals surface area (Å²) < 4.78 is 2.62. The largest absolute Gasteiger partial charge is 0.267 e. The van der Waals surface area contributed by atoms with E-state index in [4.69, 9.17) is 0 Å². The van der Waals surface area contributed by atoms with E-state index in [2.05, 4.69) is 32.1 Å². The maximum atomic E-state index is 9.47. The highest BCUT2D eigenvalue weighted by atomic mass is 79.9. The molecule has 0 radical (unpaired) electrons. The summed E-state index contributed by atoms with van der Waals surface area (Å²) in [7, 11) is 1.86. The van der Waals surface area contributed by atoms with Gasteiger partial charge in [-0.2, -0.15) is 10.4 Å². The van der Waals surface area contributed by atoms with Crippen LogP contribution in [0.5, 0.6) is 0 Å². The van der Waals surface area contributed by atoms with Gasteiger partial charge in [0, 0.05) is 24.2 Å². The van der Waals surface area contributed by atoms with Crippen LogP contribution in [0.4, 0.5) is 0 Å². The minimum atomic E-state index is 0.620. The van der Waals surface area contributed by atoms with E-state index in [0.29, 0.717) is 5.56 Å². The van der Waals surface area contributed by atoms with E-state index in [-0.39, 0.29) is 0 Å².